The number of amides is 1. The van der Waals surface area contributed by atoms with Crippen molar-refractivity contribution in [3.05, 3.63) is 52.3 Å². The zero-order valence-electron chi connectivity index (χ0n) is 17.9. The van der Waals surface area contributed by atoms with Gasteiger partial charge in [-0.1, -0.05) is 11.3 Å². The minimum atomic E-state index is -0.427. The molecule has 1 aliphatic heterocycles. The number of carbonyl (C=O) groups is 2. The molecule has 32 heavy (non-hydrogen) atoms. The van der Waals surface area contributed by atoms with Crippen LogP contribution in [0.15, 0.2) is 35.4 Å². The summed E-state index contributed by atoms with van der Waals surface area (Å²) in [4.78, 5) is 48.4. The Kier molecular flexibility index (Phi) is 6.31. The predicted molar refractivity (Wildman–Crippen MR) is 121 cm³/mol. The molecular formula is C22H24FN5O3S. The molecule has 0 saturated carbocycles. The molecule has 0 spiro atoms. The van der Waals surface area contributed by atoms with Gasteiger partial charge in [-0.3, -0.25) is 19.0 Å². The van der Waals surface area contributed by atoms with Gasteiger partial charge in [0.1, 0.15) is 16.8 Å². The molecule has 1 amide bonds. The molecule has 1 aromatic carbocycles. The van der Waals surface area contributed by atoms with Gasteiger partial charge in [0.05, 0.1) is 6.54 Å². The molecule has 0 aliphatic carbocycles. The van der Waals surface area contributed by atoms with Crippen molar-refractivity contribution in [3.8, 4) is 0 Å². The predicted octanol–water partition coefficient (Wildman–Crippen LogP) is 2.62. The summed E-state index contributed by atoms with van der Waals surface area (Å²) in [7, 11) is 0. The van der Waals surface area contributed by atoms with Crippen LogP contribution in [0.1, 0.15) is 37.0 Å². The van der Waals surface area contributed by atoms with Crippen LogP contribution in [0, 0.1) is 11.7 Å². The molecule has 0 unspecified atom stereocenters. The maximum absolute atomic E-state index is 13.1. The molecule has 1 N–H and O–H groups in total. The Morgan fingerprint density at radius 1 is 1.22 bits per heavy atom. The van der Waals surface area contributed by atoms with Gasteiger partial charge >= 0.3 is 0 Å². The van der Waals surface area contributed by atoms with Gasteiger partial charge < -0.3 is 10.2 Å². The Hall–Kier alpha value is -3.14. The van der Waals surface area contributed by atoms with Crippen molar-refractivity contribution in [1.82, 2.24) is 19.9 Å². The lowest BCUT2D eigenvalue weighted by Gasteiger charge is -2.31. The van der Waals surface area contributed by atoms with E-state index in [0.717, 1.165) is 12.8 Å². The van der Waals surface area contributed by atoms with Gasteiger partial charge in [0.15, 0.2) is 16.6 Å². The van der Waals surface area contributed by atoms with Crippen molar-refractivity contribution >= 4 is 38.5 Å². The van der Waals surface area contributed by atoms with E-state index >= 15 is 0 Å². The molecule has 168 valence electrons. The van der Waals surface area contributed by atoms with Gasteiger partial charge in [0.25, 0.3) is 5.56 Å². The van der Waals surface area contributed by atoms with E-state index in [1.807, 2.05) is 13.8 Å². The number of carbonyl (C=O) groups excluding carboxylic acids is 2. The largest absolute Gasteiger partial charge is 0.354 e. The van der Waals surface area contributed by atoms with Gasteiger partial charge in [-0.15, -0.1) is 0 Å². The van der Waals surface area contributed by atoms with Gasteiger partial charge in [-0.2, -0.15) is 4.98 Å². The van der Waals surface area contributed by atoms with Crippen molar-refractivity contribution in [1.29, 1.82) is 0 Å². The normalized spacial score (nSPS) is 14.8. The second kappa shape index (κ2) is 9.15. The first-order valence-corrected chi connectivity index (χ1v) is 11.3. The number of ketones is 1. The number of fused-ring (bicyclic) bond motifs is 1. The quantitative estimate of drug-likeness (QED) is 0.572. The third kappa shape index (κ3) is 4.69. The van der Waals surface area contributed by atoms with Gasteiger partial charge in [-0.25, -0.2) is 9.37 Å². The number of benzene rings is 1. The number of aromatic nitrogens is 3. The van der Waals surface area contributed by atoms with Gasteiger partial charge in [-0.05, 0) is 51.0 Å². The second-order valence-corrected chi connectivity index (χ2v) is 9.16. The third-order valence-corrected chi connectivity index (χ3v) is 6.51. The topological polar surface area (TPSA) is 97.2 Å². The minimum absolute atomic E-state index is 0.0177. The molecule has 1 fully saturated rings. The average molecular weight is 458 g/mol. The molecule has 1 aliphatic rings. The van der Waals surface area contributed by atoms with E-state index in [0.29, 0.717) is 34.1 Å². The van der Waals surface area contributed by atoms with Crippen LogP contribution in [0.25, 0.3) is 10.3 Å². The van der Waals surface area contributed by atoms with Gasteiger partial charge in [0, 0.05) is 30.6 Å². The molecule has 8 nitrogen and oxygen atoms in total. The highest BCUT2D eigenvalue weighted by Crippen LogP contribution is 2.29. The van der Waals surface area contributed by atoms with E-state index in [2.05, 4.69) is 20.2 Å². The fourth-order valence-electron chi connectivity index (χ4n) is 3.70. The first kappa shape index (κ1) is 22.1. The first-order valence-electron chi connectivity index (χ1n) is 10.5. The number of Topliss-reactive ketones (excluding diaryl/α,β-unsaturated/α-hetero) is 1. The van der Waals surface area contributed by atoms with Crippen LogP contribution >= 0.6 is 11.3 Å². The second-order valence-electron chi connectivity index (χ2n) is 8.18. The lowest BCUT2D eigenvalue weighted by atomic mass is 9.96. The maximum Gasteiger partial charge on any atom is 0.273 e. The Labute approximate surface area is 188 Å². The SMILES string of the molecule is CC(C)NC(=O)C1CCN(c2nc3ncn(CC(=O)c4ccc(F)cc4)c(=O)c3s2)CC1. The van der Waals surface area contributed by atoms with E-state index in [-0.39, 0.29) is 35.8 Å². The van der Waals surface area contributed by atoms with Crippen molar-refractivity contribution in [2.75, 3.05) is 18.0 Å². The summed E-state index contributed by atoms with van der Waals surface area (Å²) in [5, 5.41) is 3.65. The summed E-state index contributed by atoms with van der Waals surface area (Å²) in [6.07, 6.45) is 2.76. The summed E-state index contributed by atoms with van der Waals surface area (Å²) in [5.74, 6) is -0.668. The molecule has 1 saturated heterocycles. The maximum atomic E-state index is 13.1. The number of rotatable bonds is 6. The van der Waals surface area contributed by atoms with Crippen LogP contribution in [0.2, 0.25) is 0 Å². The lowest BCUT2D eigenvalue weighted by Crippen LogP contribution is -2.42. The number of halogens is 1. The summed E-state index contributed by atoms with van der Waals surface area (Å²) < 4.78 is 14.7. The summed E-state index contributed by atoms with van der Waals surface area (Å²) in [6, 6.07) is 5.33. The van der Waals surface area contributed by atoms with E-state index < -0.39 is 5.82 Å². The first-order chi connectivity index (χ1) is 15.3. The fraction of sp³-hybridized carbons (Fsp3) is 0.409. The van der Waals surface area contributed by atoms with Crippen LogP contribution in [0.5, 0.6) is 0 Å². The molecule has 10 heteroatoms. The highest BCUT2D eigenvalue weighted by atomic mass is 32.1. The monoisotopic (exact) mass is 457 g/mol. The fourth-order valence-corrected chi connectivity index (χ4v) is 4.72. The van der Waals surface area contributed by atoms with E-state index in [9.17, 15) is 18.8 Å². The van der Waals surface area contributed by atoms with Crippen LogP contribution in [0.4, 0.5) is 9.52 Å². The number of anilines is 1. The number of piperidine rings is 1. The van der Waals surface area contributed by atoms with Crippen LogP contribution in [-0.2, 0) is 11.3 Å². The van der Waals surface area contributed by atoms with E-state index in [1.54, 1.807) is 0 Å². The third-order valence-electron chi connectivity index (χ3n) is 5.42. The Morgan fingerprint density at radius 3 is 2.56 bits per heavy atom. The standard InChI is InChI=1S/C22H24FN5O3S/c1-13(2)25-20(30)15-7-9-27(10-8-15)22-26-19-18(32-22)21(31)28(12-24-19)11-17(29)14-3-5-16(23)6-4-14/h3-6,12-13,15H,7-11H2,1-2H3,(H,25,30). The van der Waals surface area contributed by atoms with Crippen LogP contribution in [0.3, 0.4) is 0 Å². The highest BCUT2D eigenvalue weighted by Gasteiger charge is 2.27. The molecule has 0 atom stereocenters. The molecule has 0 radical (unpaired) electrons. The summed E-state index contributed by atoms with van der Waals surface area (Å²) in [6.45, 7) is 5.06. The highest BCUT2D eigenvalue weighted by molar-refractivity contribution is 7.22. The summed E-state index contributed by atoms with van der Waals surface area (Å²) in [5.41, 5.74) is 0.341. The lowest BCUT2D eigenvalue weighted by molar-refractivity contribution is -0.126. The van der Waals surface area contributed by atoms with Crippen LogP contribution in [-0.4, -0.2) is 45.4 Å². The minimum Gasteiger partial charge on any atom is -0.354 e. The smallest absolute Gasteiger partial charge is 0.273 e. The number of hydrogen-bond donors (Lipinski definition) is 1. The number of thiazole rings is 1. The average Bonchev–Trinajstić information content (AvgIpc) is 3.21. The van der Waals surface area contributed by atoms with Crippen molar-refractivity contribution in [3.63, 3.8) is 0 Å². The van der Waals surface area contributed by atoms with E-state index in [4.69, 9.17) is 0 Å². The van der Waals surface area contributed by atoms with Crippen molar-refractivity contribution in [2.45, 2.75) is 39.3 Å². The Morgan fingerprint density at radius 2 is 1.91 bits per heavy atom. The molecular weight excluding hydrogens is 433 g/mol. The summed E-state index contributed by atoms with van der Waals surface area (Å²) >= 11 is 1.25. The molecule has 3 heterocycles. The van der Waals surface area contributed by atoms with Crippen molar-refractivity contribution in [2.24, 2.45) is 5.92 Å². The van der Waals surface area contributed by atoms with Crippen LogP contribution < -0.4 is 15.8 Å². The zero-order chi connectivity index (χ0) is 22.8. The molecule has 4 rings (SSSR count). The molecule has 0 bridgehead atoms. The Balaban J connectivity index is 1.47. The number of nitrogens with one attached hydrogen (secondary N) is 1. The Bertz CT molecular complexity index is 1200. The number of hydrogen-bond acceptors (Lipinski definition) is 7. The van der Waals surface area contributed by atoms with E-state index in [1.165, 1.54) is 46.5 Å². The number of nitrogens with zero attached hydrogens (tertiary/aromatic N) is 4. The molecule has 3 aromatic rings. The zero-order valence-corrected chi connectivity index (χ0v) is 18.7. The molecule has 2 aromatic heterocycles. The van der Waals surface area contributed by atoms with Gasteiger partial charge in [0.2, 0.25) is 5.91 Å². The van der Waals surface area contributed by atoms with Crippen molar-refractivity contribution < 1.29 is 14.0 Å².